The molecule has 1 saturated heterocycles. The highest BCUT2D eigenvalue weighted by Gasteiger charge is 2.51. The number of carbonyl (C=O) groups is 2. The van der Waals surface area contributed by atoms with Crippen molar-refractivity contribution in [2.45, 2.75) is 25.1 Å². The number of amides is 2. The second kappa shape index (κ2) is 8.22. The van der Waals surface area contributed by atoms with E-state index < -0.39 is 29.9 Å². The van der Waals surface area contributed by atoms with Gasteiger partial charge in [-0.3, -0.25) is 9.59 Å². The molecule has 0 aromatic heterocycles. The first-order valence-corrected chi connectivity index (χ1v) is 8.44. The Balaban J connectivity index is 1.78. The molecule has 1 aromatic carbocycles. The lowest BCUT2D eigenvalue weighted by Gasteiger charge is -2.34. The van der Waals surface area contributed by atoms with Crippen molar-refractivity contribution in [2.24, 2.45) is 0 Å². The van der Waals surface area contributed by atoms with Gasteiger partial charge in [-0.05, 0) is 31.2 Å². The van der Waals surface area contributed by atoms with E-state index in [4.69, 9.17) is 0 Å². The number of anilines is 1. The Bertz CT molecular complexity index is 669. The van der Waals surface area contributed by atoms with Crippen molar-refractivity contribution in [3.8, 4) is 0 Å². The number of nitrogens with zero attached hydrogens (tertiary/aromatic N) is 1. The van der Waals surface area contributed by atoms with Crippen molar-refractivity contribution in [1.29, 1.82) is 0 Å². The van der Waals surface area contributed by atoms with Gasteiger partial charge in [-0.25, -0.2) is 4.39 Å². The number of halogens is 4. The second-order valence-corrected chi connectivity index (χ2v) is 6.81. The summed E-state index contributed by atoms with van der Waals surface area (Å²) < 4.78 is 50.9. The van der Waals surface area contributed by atoms with Crippen molar-refractivity contribution in [1.82, 2.24) is 4.90 Å². The molecule has 0 saturated carbocycles. The van der Waals surface area contributed by atoms with Gasteiger partial charge in [0.25, 0.3) is 5.91 Å². The molecule has 1 atom stereocenters. The summed E-state index contributed by atoms with van der Waals surface area (Å²) in [6.45, 7) is 1.90. The van der Waals surface area contributed by atoms with Crippen LogP contribution in [0.4, 0.5) is 23.2 Å². The van der Waals surface area contributed by atoms with Crippen LogP contribution in [0, 0.1) is 5.82 Å². The van der Waals surface area contributed by atoms with Crippen molar-refractivity contribution >= 4 is 17.5 Å². The van der Waals surface area contributed by atoms with Crippen LogP contribution in [0.15, 0.2) is 24.3 Å². The van der Waals surface area contributed by atoms with Crippen LogP contribution < -0.4 is 10.2 Å². The summed E-state index contributed by atoms with van der Waals surface area (Å²) >= 11 is 0. The Morgan fingerprint density at radius 2 is 1.74 bits per heavy atom. The zero-order chi connectivity index (χ0) is 20.2. The fourth-order valence-corrected chi connectivity index (χ4v) is 2.72. The van der Waals surface area contributed by atoms with E-state index in [2.05, 4.69) is 5.32 Å². The Morgan fingerprint density at radius 3 is 2.26 bits per heavy atom. The monoisotopic (exact) mass is 392 g/mol. The molecule has 1 fully saturated rings. The second-order valence-electron chi connectivity index (χ2n) is 6.81. The van der Waals surface area contributed by atoms with Crippen LogP contribution in [0.1, 0.15) is 13.3 Å². The first kappa shape index (κ1) is 21.1. The highest BCUT2D eigenvalue weighted by atomic mass is 19.4. The topological polar surface area (TPSA) is 74.1 Å². The number of benzene rings is 1. The largest absolute Gasteiger partial charge is 0.417 e. The molecule has 6 nitrogen and oxygen atoms in total. The SMILES string of the molecule is C[C@@](O)(CC(=O)N1CC[NH+](CC(=O)Nc2ccc(F)cc2)CC1)C(F)(F)F. The average Bonchev–Trinajstić information content (AvgIpc) is 2.56. The molecule has 0 aliphatic carbocycles. The minimum atomic E-state index is -4.88. The van der Waals surface area contributed by atoms with Gasteiger partial charge in [-0.1, -0.05) is 0 Å². The normalized spacial score (nSPS) is 18.1. The van der Waals surface area contributed by atoms with Gasteiger partial charge in [0.1, 0.15) is 5.82 Å². The van der Waals surface area contributed by atoms with E-state index in [-0.39, 0.29) is 25.5 Å². The van der Waals surface area contributed by atoms with Gasteiger partial charge < -0.3 is 20.2 Å². The van der Waals surface area contributed by atoms with Gasteiger partial charge in [0, 0.05) is 5.69 Å². The van der Waals surface area contributed by atoms with E-state index in [9.17, 15) is 32.3 Å². The molecule has 2 amide bonds. The first-order valence-electron chi connectivity index (χ1n) is 8.44. The third-order valence-corrected chi connectivity index (χ3v) is 4.47. The van der Waals surface area contributed by atoms with E-state index in [0.717, 1.165) is 4.90 Å². The number of piperazine rings is 1. The first-order chi connectivity index (χ1) is 12.5. The molecule has 3 N–H and O–H groups in total. The fourth-order valence-electron chi connectivity index (χ4n) is 2.72. The maximum absolute atomic E-state index is 12.8. The van der Waals surface area contributed by atoms with E-state index in [1.54, 1.807) is 0 Å². The minimum Gasteiger partial charge on any atom is -0.380 e. The summed E-state index contributed by atoms with van der Waals surface area (Å²) in [5.41, 5.74) is -2.60. The number of hydrogen-bond donors (Lipinski definition) is 3. The standard InChI is InChI=1S/C17H21F4N3O3/c1-16(27,17(19,20)21)10-15(26)24-8-6-23(7-9-24)11-14(25)22-13-4-2-12(18)3-5-13/h2-5,27H,6-11H2,1H3,(H,22,25)/p+1/t16-/m1/s1. The zero-order valence-electron chi connectivity index (χ0n) is 14.8. The molecule has 150 valence electrons. The van der Waals surface area contributed by atoms with E-state index in [1.165, 1.54) is 29.2 Å². The molecular formula is C17H22F4N3O3+. The van der Waals surface area contributed by atoms with Crippen molar-refractivity contribution in [2.75, 3.05) is 38.0 Å². The molecule has 1 aliphatic heterocycles. The molecule has 0 unspecified atom stereocenters. The van der Waals surface area contributed by atoms with E-state index >= 15 is 0 Å². The lowest BCUT2D eigenvalue weighted by atomic mass is 10.0. The summed E-state index contributed by atoms with van der Waals surface area (Å²) in [4.78, 5) is 26.2. The predicted molar refractivity (Wildman–Crippen MR) is 88.5 cm³/mol. The van der Waals surface area contributed by atoms with E-state index in [0.29, 0.717) is 25.7 Å². The van der Waals surface area contributed by atoms with Crippen molar-refractivity contribution in [3.63, 3.8) is 0 Å². The third-order valence-electron chi connectivity index (χ3n) is 4.47. The maximum Gasteiger partial charge on any atom is 0.417 e. The maximum atomic E-state index is 12.8. The number of rotatable bonds is 5. The van der Waals surface area contributed by atoms with Crippen molar-refractivity contribution < 1.29 is 37.2 Å². The molecule has 0 spiro atoms. The van der Waals surface area contributed by atoms with Gasteiger partial charge in [-0.2, -0.15) is 13.2 Å². The number of aliphatic hydroxyl groups is 1. The molecular weight excluding hydrogens is 370 g/mol. The Labute approximate surface area is 153 Å². The number of hydrogen-bond acceptors (Lipinski definition) is 3. The van der Waals surface area contributed by atoms with Gasteiger partial charge in [0.2, 0.25) is 5.91 Å². The van der Waals surface area contributed by atoms with Crippen molar-refractivity contribution in [3.05, 3.63) is 30.1 Å². The van der Waals surface area contributed by atoms with Crippen LogP contribution in [0.2, 0.25) is 0 Å². The summed E-state index contributed by atoms with van der Waals surface area (Å²) in [5.74, 6) is -1.47. The molecule has 0 radical (unpaired) electrons. The molecule has 1 aromatic rings. The van der Waals surface area contributed by atoms with Crippen LogP contribution in [0.25, 0.3) is 0 Å². The lowest BCUT2D eigenvalue weighted by molar-refractivity contribution is -0.895. The molecule has 1 heterocycles. The van der Waals surface area contributed by atoms with Gasteiger partial charge in [0.05, 0.1) is 32.6 Å². The highest BCUT2D eigenvalue weighted by Crippen LogP contribution is 2.33. The van der Waals surface area contributed by atoms with Crippen LogP contribution in [0.3, 0.4) is 0 Å². The molecule has 10 heteroatoms. The Kier molecular flexibility index (Phi) is 6.42. The minimum absolute atomic E-state index is 0.125. The molecule has 1 aliphatic rings. The van der Waals surface area contributed by atoms with Gasteiger partial charge in [-0.15, -0.1) is 0 Å². The number of alkyl halides is 3. The third kappa shape index (κ3) is 5.90. The zero-order valence-corrected chi connectivity index (χ0v) is 14.8. The lowest BCUT2D eigenvalue weighted by Crippen LogP contribution is -3.15. The molecule has 2 rings (SSSR count). The number of quaternary nitrogens is 1. The Morgan fingerprint density at radius 1 is 1.19 bits per heavy atom. The van der Waals surface area contributed by atoms with Gasteiger partial charge >= 0.3 is 6.18 Å². The summed E-state index contributed by atoms with van der Waals surface area (Å²) in [5, 5.41) is 12.1. The van der Waals surface area contributed by atoms with Crippen LogP contribution in [-0.4, -0.2) is 66.3 Å². The fraction of sp³-hybridized carbons (Fsp3) is 0.529. The van der Waals surface area contributed by atoms with Crippen LogP contribution in [0.5, 0.6) is 0 Å². The summed E-state index contributed by atoms with van der Waals surface area (Å²) in [6.07, 6.45) is -5.91. The smallest absolute Gasteiger partial charge is 0.380 e. The van der Waals surface area contributed by atoms with Crippen LogP contribution >= 0.6 is 0 Å². The quantitative estimate of drug-likeness (QED) is 0.627. The molecule has 27 heavy (non-hydrogen) atoms. The summed E-state index contributed by atoms with van der Waals surface area (Å²) in [6, 6.07) is 5.32. The van der Waals surface area contributed by atoms with Crippen LogP contribution in [-0.2, 0) is 9.59 Å². The number of nitrogens with one attached hydrogen (secondary N) is 2. The number of carbonyl (C=O) groups excluding carboxylic acids is 2. The van der Waals surface area contributed by atoms with E-state index in [1.807, 2.05) is 0 Å². The van der Waals surface area contributed by atoms with Gasteiger partial charge in [0.15, 0.2) is 12.1 Å². The highest BCUT2D eigenvalue weighted by molar-refractivity contribution is 5.91. The average molecular weight is 392 g/mol. The molecule has 0 bridgehead atoms. The summed E-state index contributed by atoms with van der Waals surface area (Å²) in [7, 11) is 0. The Hall–Kier alpha value is -2.20. The predicted octanol–water partition coefficient (Wildman–Crippen LogP) is 0.195.